The fourth-order valence-electron chi connectivity index (χ4n) is 8.33. The summed E-state index contributed by atoms with van der Waals surface area (Å²) in [5, 5.41) is 6.61. The van der Waals surface area contributed by atoms with Crippen molar-refractivity contribution in [3.63, 3.8) is 0 Å². The molecule has 0 spiro atoms. The van der Waals surface area contributed by atoms with E-state index in [1.54, 1.807) is 122 Å². The summed E-state index contributed by atoms with van der Waals surface area (Å²) in [6.45, 7) is 18.6. The van der Waals surface area contributed by atoms with Crippen LogP contribution in [0.15, 0.2) is 38.0 Å². The maximum absolute atomic E-state index is 14.0. The Bertz CT molecular complexity index is 3730. The number of ether oxygens (including phenoxy) is 15. The Morgan fingerprint density at radius 2 is 0.598 bits per heavy atom. The van der Waals surface area contributed by atoms with E-state index in [9.17, 15) is 42.5 Å². The van der Waals surface area contributed by atoms with E-state index in [0.29, 0.717) is 16.9 Å². The summed E-state index contributed by atoms with van der Waals surface area (Å²) >= 11 is 0. The molecule has 0 aromatic carbocycles. The van der Waals surface area contributed by atoms with Crippen molar-refractivity contribution in [3.8, 4) is 0 Å². The van der Waals surface area contributed by atoms with Gasteiger partial charge in [0.25, 0.3) is 0 Å². The number of nitrogens with zero attached hydrogens (tertiary/aromatic N) is 13. The number of anilines is 3. The van der Waals surface area contributed by atoms with Gasteiger partial charge in [-0.2, -0.15) is 0 Å². The Balaban J connectivity index is 1.23. The summed E-state index contributed by atoms with van der Waals surface area (Å²) in [6, 6.07) is 0. The van der Waals surface area contributed by atoms with E-state index < -0.39 is 174 Å². The van der Waals surface area contributed by atoms with Gasteiger partial charge in [-0.05, 0) is 104 Å². The predicted octanol–water partition coefficient (Wildman–Crippen LogP) is 9.93. The summed E-state index contributed by atoms with van der Waals surface area (Å²) in [5.41, 5.74) is 1.77. The van der Waals surface area contributed by atoms with Crippen LogP contribution in [0.1, 0.15) is 104 Å². The first-order valence-electron chi connectivity index (χ1n) is 32.9. The molecule has 0 unspecified atom stereocenters. The van der Waals surface area contributed by atoms with Gasteiger partial charge in [0.05, 0.1) is 107 Å². The van der Waals surface area contributed by atoms with Crippen LogP contribution in [0.4, 0.5) is 46.2 Å². The Morgan fingerprint density at radius 1 is 0.355 bits per heavy atom. The molecule has 48 heteroatoms. The van der Waals surface area contributed by atoms with Gasteiger partial charge >= 0.3 is 59.7 Å². The predicted molar refractivity (Wildman–Crippen MR) is 366 cm³/mol. The van der Waals surface area contributed by atoms with Crippen molar-refractivity contribution in [3.05, 3.63) is 38.0 Å². The second kappa shape index (κ2) is 42.5. The molecule has 0 bridgehead atoms. The normalized spacial score (nSPS) is 12.9. The smallest absolute Gasteiger partial charge is 0.432 e. The lowest BCUT2D eigenvalue weighted by Gasteiger charge is -2.25. The number of nitrogens with one attached hydrogen (secondary N) is 2. The van der Waals surface area contributed by atoms with Gasteiger partial charge in [-0.3, -0.25) is 40.8 Å². The van der Waals surface area contributed by atoms with Gasteiger partial charge in [0, 0.05) is 0 Å². The molecular weight excluding hydrogens is 1490 g/mol. The van der Waals surface area contributed by atoms with E-state index in [1.807, 2.05) is 0 Å². The molecule has 0 aliphatic rings. The minimum atomic E-state index is -4.37. The van der Waals surface area contributed by atoms with Gasteiger partial charge in [-0.25, -0.2) is 73.6 Å². The Labute approximate surface area is 612 Å². The standard InChI is InChI=1S/C59H90N15O30P3/c1-36(2)99-54(75)84-27-93-105(81,94-28-85-55(76)100-37(3)4)33-90-42(13)16-71-22-66-45-48(60-19-62-50(45)71)69-25-74(53-47-52(64-21-65-53)73(24-68-47)18-44(15)92-35-107(83,97-31-88-58(79)103-40(9)10)98-32-89-59(80)104-41(11)12)26-70-49-46-51(63-20-61-49)72(23-67-46)17-43(14)91-34-106(82,95-29-86-56(77)101-38(5)6)96-30-87-57(78)102-39(7)8/h19-24,36-44H,16-18,25-35H2,1-15H3,(H,60,62,69)(H,61,63,70)/t42-,43-,44-/m1/s1. The molecule has 0 amide bonds. The maximum atomic E-state index is 14.0. The van der Waals surface area contributed by atoms with Gasteiger partial charge < -0.3 is 100 Å². The average molecular weight is 1580 g/mol. The number of carbonyl (C=O) groups excluding carboxylic acids is 6. The summed E-state index contributed by atoms with van der Waals surface area (Å²) < 4.78 is 155. The topological polar surface area (TPSA) is 506 Å². The highest BCUT2D eigenvalue weighted by Crippen LogP contribution is 2.50. The van der Waals surface area contributed by atoms with Crippen LogP contribution in [0.25, 0.3) is 33.5 Å². The third-order valence-electron chi connectivity index (χ3n) is 12.8. The van der Waals surface area contributed by atoms with Gasteiger partial charge in [-0.15, -0.1) is 0 Å². The van der Waals surface area contributed by atoms with Crippen molar-refractivity contribution in [1.82, 2.24) is 58.6 Å². The number of hydrogen-bond donors (Lipinski definition) is 2. The molecule has 6 heterocycles. The number of imidazole rings is 3. The molecule has 0 aliphatic heterocycles. The summed E-state index contributed by atoms with van der Waals surface area (Å²) in [6.07, 6.45) is -6.10. The van der Waals surface area contributed by atoms with Crippen molar-refractivity contribution in [2.75, 3.05) is 88.7 Å². The van der Waals surface area contributed by atoms with Crippen molar-refractivity contribution in [2.45, 2.75) is 178 Å². The highest BCUT2D eigenvalue weighted by molar-refractivity contribution is 7.54. The van der Waals surface area contributed by atoms with Crippen LogP contribution in [-0.2, 0) is 132 Å². The molecule has 6 aromatic heterocycles. The highest BCUT2D eigenvalue weighted by atomic mass is 31.2. The maximum Gasteiger partial charge on any atom is 0.510 e. The number of hydrogen-bond acceptors (Lipinski definition) is 42. The summed E-state index contributed by atoms with van der Waals surface area (Å²) in [4.78, 5) is 115. The van der Waals surface area contributed by atoms with Crippen LogP contribution < -0.4 is 15.5 Å². The second-order valence-corrected chi connectivity index (χ2v) is 30.0. The fourth-order valence-corrected chi connectivity index (χ4v) is 11.6. The van der Waals surface area contributed by atoms with Crippen LogP contribution in [0.5, 0.6) is 0 Å². The summed E-state index contributed by atoms with van der Waals surface area (Å²) in [7, 11) is -13.0. The third kappa shape index (κ3) is 30.3. The lowest BCUT2D eigenvalue weighted by atomic mass is 10.4. The number of carbonyl (C=O) groups is 6. The summed E-state index contributed by atoms with van der Waals surface area (Å²) in [5.74, 6) is 0.707. The Hall–Kier alpha value is -9.00. The molecule has 107 heavy (non-hydrogen) atoms. The first-order chi connectivity index (χ1) is 50.7. The van der Waals surface area contributed by atoms with Gasteiger partial charge in [0.1, 0.15) is 49.1 Å². The lowest BCUT2D eigenvalue weighted by Crippen LogP contribution is -2.35. The molecule has 0 radical (unpaired) electrons. The monoisotopic (exact) mass is 1580 g/mol. The van der Waals surface area contributed by atoms with Gasteiger partial charge in [0.15, 0.2) is 39.9 Å². The molecule has 0 saturated heterocycles. The van der Waals surface area contributed by atoms with Crippen molar-refractivity contribution < 1.29 is 141 Å². The van der Waals surface area contributed by atoms with Crippen LogP contribution in [0.3, 0.4) is 0 Å². The number of fused-ring (bicyclic) bond motifs is 3. The van der Waals surface area contributed by atoms with Crippen LogP contribution in [0, 0.1) is 0 Å². The quantitative estimate of drug-likeness (QED) is 0.0155. The van der Waals surface area contributed by atoms with E-state index in [2.05, 4.69) is 50.5 Å². The second-order valence-electron chi connectivity index (χ2n) is 24.1. The molecule has 596 valence electrons. The average Bonchev–Trinajstić information content (AvgIpc) is 1.67. The minimum Gasteiger partial charge on any atom is -0.432 e. The zero-order valence-corrected chi connectivity index (χ0v) is 64.1. The molecule has 45 nitrogen and oxygen atoms in total. The highest BCUT2D eigenvalue weighted by Gasteiger charge is 2.33. The third-order valence-corrected chi connectivity index (χ3v) is 17.2. The largest absolute Gasteiger partial charge is 0.510 e. The molecule has 3 atom stereocenters. The molecular formula is C59H90N15O30P3. The van der Waals surface area contributed by atoms with E-state index >= 15 is 0 Å². The number of aromatic nitrogens is 12. The van der Waals surface area contributed by atoms with Crippen molar-refractivity contribution in [2.24, 2.45) is 0 Å². The molecule has 0 aliphatic carbocycles. The molecule has 6 rings (SSSR count). The van der Waals surface area contributed by atoms with E-state index in [4.69, 9.17) is 103 Å². The SMILES string of the molecule is CC(C)OC(=O)OCOP(=O)(CO[C@H](C)Cn1cnc2c(NCN(CNc3ncnc4c3ncn4C[C@@H](C)OCP(=O)(OCOC(=O)OC(C)C)OCOC(=O)OC(C)C)c3ncnc4c3ncn4C[C@@H](C)OCP(=O)(OCOC(=O)OC(C)C)OCOC(=O)OC(C)C)ncnc21)OCOC(=O)OC(C)C. The lowest BCUT2D eigenvalue weighted by molar-refractivity contribution is -0.0390. The first-order valence-corrected chi connectivity index (χ1v) is 38.1. The van der Waals surface area contributed by atoms with E-state index in [1.165, 1.54) is 38.0 Å². The van der Waals surface area contributed by atoms with Crippen LogP contribution in [-0.4, -0.2) is 224 Å². The zero-order chi connectivity index (χ0) is 78.4. The van der Waals surface area contributed by atoms with Crippen LogP contribution in [0.2, 0.25) is 0 Å². The van der Waals surface area contributed by atoms with Crippen molar-refractivity contribution in [1.29, 1.82) is 0 Å². The zero-order valence-electron chi connectivity index (χ0n) is 61.5. The molecule has 0 saturated carbocycles. The minimum absolute atomic E-state index is 0.0180. The molecule has 2 N–H and O–H groups in total. The first kappa shape index (κ1) is 86.9. The van der Waals surface area contributed by atoms with E-state index in [0.717, 1.165) is 0 Å². The van der Waals surface area contributed by atoms with Crippen molar-refractivity contribution >= 4 is 111 Å². The van der Waals surface area contributed by atoms with Gasteiger partial charge in [-0.1, -0.05) is 0 Å². The molecule has 0 fully saturated rings. The molecule has 6 aromatic rings. The number of rotatable bonds is 46. The fraction of sp³-hybridized carbons (Fsp3) is 0.644. The van der Waals surface area contributed by atoms with Crippen LogP contribution >= 0.6 is 22.8 Å². The Kier molecular flexibility index (Phi) is 34.5. The van der Waals surface area contributed by atoms with E-state index in [-0.39, 0.29) is 67.0 Å². The Morgan fingerprint density at radius 3 is 0.860 bits per heavy atom. The van der Waals surface area contributed by atoms with Gasteiger partial charge in [0.2, 0.25) is 40.8 Å².